The molecular formula is C9H11BrO. The molecule has 0 aromatic heterocycles. The van der Waals surface area contributed by atoms with Crippen LogP contribution in [0, 0.1) is 11.8 Å². The van der Waals surface area contributed by atoms with Crippen molar-refractivity contribution in [2.24, 2.45) is 11.8 Å². The second kappa shape index (κ2) is 3.11. The molecule has 2 rings (SSSR count). The summed E-state index contributed by atoms with van der Waals surface area (Å²) in [6.07, 6.45) is 7.66. The summed E-state index contributed by atoms with van der Waals surface area (Å²) in [6.45, 7) is 1.89. The lowest BCUT2D eigenvalue weighted by Crippen LogP contribution is -2.34. The van der Waals surface area contributed by atoms with Gasteiger partial charge in [-0.1, -0.05) is 34.2 Å². The van der Waals surface area contributed by atoms with E-state index in [0.717, 1.165) is 19.1 Å². The van der Waals surface area contributed by atoms with E-state index in [-0.39, 0.29) is 0 Å². The monoisotopic (exact) mass is 214 g/mol. The Morgan fingerprint density at radius 3 is 2.82 bits per heavy atom. The highest BCUT2D eigenvalue weighted by molar-refractivity contribution is 9.11. The Morgan fingerprint density at radius 2 is 2.27 bits per heavy atom. The van der Waals surface area contributed by atoms with E-state index in [9.17, 15) is 0 Å². The van der Waals surface area contributed by atoms with Gasteiger partial charge in [0.1, 0.15) is 0 Å². The molecule has 1 unspecified atom stereocenters. The predicted octanol–water partition coefficient (Wildman–Crippen LogP) is 2.49. The van der Waals surface area contributed by atoms with Gasteiger partial charge in [0.05, 0.1) is 13.2 Å². The Labute approximate surface area is 75.2 Å². The van der Waals surface area contributed by atoms with Crippen molar-refractivity contribution in [1.29, 1.82) is 0 Å². The highest BCUT2D eigenvalue weighted by atomic mass is 79.9. The molecule has 0 bridgehead atoms. The Morgan fingerprint density at radius 1 is 1.45 bits per heavy atom. The van der Waals surface area contributed by atoms with Crippen LogP contribution >= 0.6 is 15.9 Å². The molecule has 0 radical (unpaired) electrons. The van der Waals surface area contributed by atoms with Crippen molar-refractivity contribution >= 4 is 15.9 Å². The van der Waals surface area contributed by atoms with E-state index in [1.165, 1.54) is 10.9 Å². The second-order valence-corrected chi connectivity index (χ2v) is 4.04. The third-order valence-corrected chi connectivity index (χ3v) is 3.22. The maximum atomic E-state index is 5.16. The lowest BCUT2D eigenvalue weighted by atomic mass is 9.86. The molecule has 1 heterocycles. The van der Waals surface area contributed by atoms with Crippen LogP contribution in [0.5, 0.6) is 0 Å². The number of allylic oxidation sites excluding steroid dienone is 4. The minimum atomic E-state index is 0.689. The molecule has 2 aliphatic rings. The van der Waals surface area contributed by atoms with Gasteiger partial charge in [-0.15, -0.1) is 0 Å². The number of ether oxygens (including phenoxy) is 1. The first-order valence-electron chi connectivity index (χ1n) is 3.98. The Hall–Kier alpha value is -0.0800. The third kappa shape index (κ3) is 1.42. The normalized spacial score (nSPS) is 31.4. The van der Waals surface area contributed by atoms with Gasteiger partial charge in [0.2, 0.25) is 0 Å². The zero-order chi connectivity index (χ0) is 7.68. The molecule has 0 saturated carbocycles. The van der Waals surface area contributed by atoms with Crippen molar-refractivity contribution in [2.45, 2.75) is 6.42 Å². The second-order valence-electron chi connectivity index (χ2n) is 3.12. The van der Waals surface area contributed by atoms with Crippen LogP contribution in [0.3, 0.4) is 0 Å². The summed E-state index contributed by atoms with van der Waals surface area (Å²) < 4.78 is 6.51. The first-order chi connectivity index (χ1) is 5.38. The van der Waals surface area contributed by atoms with Crippen LogP contribution in [0.2, 0.25) is 0 Å². The minimum Gasteiger partial charge on any atom is -0.381 e. The molecule has 60 valence electrons. The van der Waals surface area contributed by atoms with Gasteiger partial charge in [0.15, 0.2) is 0 Å². The highest BCUT2D eigenvalue weighted by Gasteiger charge is 2.29. The average Bonchev–Trinajstić information content (AvgIpc) is 1.90. The van der Waals surface area contributed by atoms with Crippen molar-refractivity contribution in [2.75, 3.05) is 13.2 Å². The fourth-order valence-electron chi connectivity index (χ4n) is 1.53. The average molecular weight is 215 g/mol. The lowest BCUT2D eigenvalue weighted by Gasteiger charge is -2.34. The van der Waals surface area contributed by atoms with Crippen molar-refractivity contribution in [3.8, 4) is 0 Å². The Balaban J connectivity index is 2.03. The fraction of sp³-hybridized carbons (Fsp3) is 0.556. The van der Waals surface area contributed by atoms with E-state index in [0.29, 0.717) is 5.92 Å². The van der Waals surface area contributed by atoms with Gasteiger partial charge in [-0.2, -0.15) is 0 Å². The van der Waals surface area contributed by atoms with Crippen LogP contribution in [-0.4, -0.2) is 13.2 Å². The molecule has 0 aromatic carbocycles. The molecule has 0 amide bonds. The van der Waals surface area contributed by atoms with Crippen LogP contribution in [0.15, 0.2) is 22.7 Å². The zero-order valence-corrected chi connectivity index (χ0v) is 7.88. The topological polar surface area (TPSA) is 9.23 Å². The summed E-state index contributed by atoms with van der Waals surface area (Å²) in [5.74, 6) is 1.44. The van der Waals surface area contributed by atoms with Gasteiger partial charge in [-0.3, -0.25) is 0 Å². The largest absolute Gasteiger partial charge is 0.381 e. The maximum absolute atomic E-state index is 5.16. The maximum Gasteiger partial charge on any atom is 0.0522 e. The van der Waals surface area contributed by atoms with Crippen molar-refractivity contribution in [3.05, 3.63) is 22.7 Å². The zero-order valence-electron chi connectivity index (χ0n) is 6.29. The molecule has 1 saturated heterocycles. The molecule has 1 atom stereocenters. The number of halogens is 1. The van der Waals surface area contributed by atoms with E-state index in [1.807, 2.05) is 0 Å². The lowest BCUT2D eigenvalue weighted by molar-refractivity contribution is -0.0515. The van der Waals surface area contributed by atoms with E-state index < -0.39 is 0 Å². The molecule has 0 spiro atoms. The third-order valence-electron chi connectivity index (χ3n) is 2.37. The van der Waals surface area contributed by atoms with Crippen LogP contribution < -0.4 is 0 Å². The molecule has 0 aromatic rings. The summed E-state index contributed by atoms with van der Waals surface area (Å²) in [7, 11) is 0. The SMILES string of the molecule is BrC1=CC=CCC1C1COC1. The quantitative estimate of drug-likeness (QED) is 0.652. The summed E-state index contributed by atoms with van der Waals surface area (Å²) >= 11 is 3.58. The van der Waals surface area contributed by atoms with Crippen molar-refractivity contribution < 1.29 is 4.74 Å². The first-order valence-corrected chi connectivity index (χ1v) is 4.77. The van der Waals surface area contributed by atoms with Gasteiger partial charge >= 0.3 is 0 Å². The predicted molar refractivity (Wildman–Crippen MR) is 48.6 cm³/mol. The smallest absolute Gasteiger partial charge is 0.0522 e. The number of hydrogen-bond donors (Lipinski definition) is 0. The van der Waals surface area contributed by atoms with Crippen molar-refractivity contribution in [3.63, 3.8) is 0 Å². The van der Waals surface area contributed by atoms with Gasteiger partial charge in [-0.25, -0.2) is 0 Å². The molecule has 2 heteroatoms. The molecule has 11 heavy (non-hydrogen) atoms. The van der Waals surface area contributed by atoms with Gasteiger partial charge in [0, 0.05) is 11.8 Å². The summed E-state index contributed by atoms with van der Waals surface area (Å²) in [5.41, 5.74) is 0. The van der Waals surface area contributed by atoms with E-state index in [2.05, 4.69) is 34.2 Å². The van der Waals surface area contributed by atoms with Crippen LogP contribution in [0.4, 0.5) is 0 Å². The standard InChI is InChI=1S/C9H11BrO/c10-9-4-2-1-3-8(9)7-5-11-6-7/h1-2,4,7-8H,3,5-6H2. The van der Waals surface area contributed by atoms with E-state index >= 15 is 0 Å². The summed E-state index contributed by atoms with van der Waals surface area (Å²) in [5, 5.41) is 0. The molecule has 0 N–H and O–H groups in total. The molecule has 1 nitrogen and oxygen atoms in total. The van der Waals surface area contributed by atoms with Gasteiger partial charge in [-0.05, 0) is 10.9 Å². The Kier molecular flexibility index (Phi) is 2.14. The van der Waals surface area contributed by atoms with Crippen LogP contribution in [-0.2, 0) is 4.74 Å². The fourth-order valence-corrected chi connectivity index (χ4v) is 2.24. The summed E-state index contributed by atoms with van der Waals surface area (Å²) in [6, 6.07) is 0. The van der Waals surface area contributed by atoms with Crippen molar-refractivity contribution in [1.82, 2.24) is 0 Å². The number of rotatable bonds is 1. The minimum absolute atomic E-state index is 0.689. The summed E-state index contributed by atoms with van der Waals surface area (Å²) in [4.78, 5) is 0. The Bertz CT molecular complexity index is 204. The van der Waals surface area contributed by atoms with Crippen LogP contribution in [0.25, 0.3) is 0 Å². The molecule has 1 fully saturated rings. The van der Waals surface area contributed by atoms with E-state index in [1.54, 1.807) is 0 Å². The molecule has 1 aliphatic carbocycles. The van der Waals surface area contributed by atoms with Gasteiger partial charge < -0.3 is 4.74 Å². The first kappa shape index (κ1) is 7.56. The molecular weight excluding hydrogens is 204 g/mol. The number of hydrogen-bond acceptors (Lipinski definition) is 1. The van der Waals surface area contributed by atoms with Gasteiger partial charge in [0.25, 0.3) is 0 Å². The highest BCUT2D eigenvalue weighted by Crippen LogP contribution is 2.35. The van der Waals surface area contributed by atoms with E-state index in [4.69, 9.17) is 4.74 Å². The van der Waals surface area contributed by atoms with Crippen LogP contribution in [0.1, 0.15) is 6.42 Å². The molecule has 1 aliphatic heterocycles.